The normalized spacial score (nSPS) is 23.4. The molecule has 3 N–H and O–H groups in total. The minimum Gasteiger partial charge on any atom is -0.494 e. The Morgan fingerprint density at radius 1 is 1.08 bits per heavy atom. The summed E-state index contributed by atoms with van der Waals surface area (Å²) in [6.45, 7) is 5.62. The van der Waals surface area contributed by atoms with Gasteiger partial charge in [0.15, 0.2) is 0 Å². The standard InChI is InChI=1S/C28H36FN3O6S/c1-19(2)16-25-26(34)30-22(18-33)6-4-5-15-38-23-11-7-20(8-12-23)17-28(3,27(35)31-25)32-39(36,37)24-13-9-21(29)10-14-24/h7-14,18-19,22,25,32H,4-6,15-17H2,1-3H3,(H,30,34)(H,31,35)/t22-,25-,28-/m0/s1. The maximum Gasteiger partial charge on any atom is 0.243 e. The Kier molecular flexibility index (Phi) is 10.2. The molecule has 2 heterocycles. The quantitative estimate of drug-likeness (QED) is 0.465. The molecular formula is C28H36FN3O6S. The number of hydrogen-bond donors (Lipinski definition) is 3. The number of halogens is 1. The number of sulfonamides is 1. The van der Waals surface area contributed by atoms with E-state index in [1.54, 1.807) is 24.3 Å². The van der Waals surface area contributed by atoms with Gasteiger partial charge in [-0.2, -0.15) is 4.72 Å². The molecule has 0 saturated carbocycles. The van der Waals surface area contributed by atoms with E-state index in [1.807, 2.05) is 13.8 Å². The predicted molar refractivity (Wildman–Crippen MR) is 144 cm³/mol. The largest absolute Gasteiger partial charge is 0.494 e. The van der Waals surface area contributed by atoms with Crippen LogP contribution in [-0.2, 0) is 30.8 Å². The van der Waals surface area contributed by atoms with E-state index < -0.39 is 45.3 Å². The summed E-state index contributed by atoms with van der Waals surface area (Å²) in [5.74, 6) is -1.23. The fraction of sp³-hybridized carbons (Fsp3) is 0.464. The Labute approximate surface area is 228 Å². The fourth-order valence-corrected chi connectivity index (χ4v) is 5.75. The van der Waals surface area contributed by atoms with Gasteiger partial charge in [0.05, 0.1) is 17.5 Å². The first-order valence-corrected chi connectivity index (χ1v) is 14.5. The number of fused-ring (bicyclic) bond motifs is 14. The summed E-state index contributed by atoms with van der Waals surface area (Å²) >= 11 is 0. The zero-order valence-electron chi connectivity index (χ0n) is 22.4. The van der Waals surface area contributed by atoms with E-state index in [2.05, 4.69) is 15.4 Å². The van der Waals surface area contributed by atoms with E-state index >= 15 is 0 Å². The SMILES string of the molecule is CC(C)C[C@@H]1NC(=O)[C@@](C)(NS(=O)(=O)c2ccc(F)cc2)Cc2ccc(cc2)OCCCC[C@@H](C=O)NC1=O. The van der Waals surface area contributed by atoms with Crippen LogP contribution in [0.1, 0.15) is 52.0 Å². The lowest BCUT2D eigenvalue weighted by atomic mass is 9.92. The Bertz CT molecular complexity index is 1250. The van der Waals surface area contributed by atoms with E-state index in [1.165, 1.54) is 6.92 Å². The van der Waals surface area contributed by atoms with Crippen LogP contribution in [0.3, 0.4) is 0 Å². The number of benzene rings is 2. The molecule has 4 rings (SSSR count). The van der Waals surface area contributed by atoms with Crippen LogP contribution in [0.2, 0.25) is 0 Å². The molecule has 2 aliphatic heterocycles. The number of amides is 2. The van der Waals surface area contributed by atoms with E-state index in [4.69, 9.17) is 4.74 Å². The lowest BCUT2D eigenvalue weighted by molar-refractivity contribution is -0.133. The molecule has 11 heteroatoms. The van der Waals surface area contributed by atoms with Gasteiger partial charge < -0.3 is 20.2 Å². The van der Waals surface area contributed by atoms with Crippen LogP contribution in [0.25, 0.3) is 0 Å². The molecule has 3 atom stereocenters. The number of carbonyl (C=O) groups is 3. The van der Waals surface area contributed by atoms with Gasteiger partial charge in [0.2, 0.25) is 21.8 Å². The second-order valence-corrected chi connectivity index (χ2v) is 12.1. The number of rotatable bonds is 6. The first kappa shape index (κ1) is 30.2. The first-order valence-electron chi connectivity index (χ1n) is 13.0. The number of ether oxygens (including phenoxy) is 1. The lowest BCUT2D eigenvalue weighted by Crippen LogP contribution is -2.62. The molecule has 2 bridgehead atoms. The molecule has 0 aliphatic carbocycles. The van der Waals surface area contributed by atoms with Crippen molar-refractivity contribution in [2.24, 2.45) is 5.92 Å². The van der Waals surface area contributed by atoms with E-state index in [-0.39, 0.29) is 23.7 Å². The molecule has 2 aromatic rings. The van der Waals surface area contributed by atoms with Crippen LogP contribution in [0.5, 0.6) is 5.75 Å². The smallest absolute Gasteiger partial charge is 0.243 e. The van der Waals surface area contributed by atoms with Crippen molar-refractivity contribution in [3.8, 4) is 5.75 Å². The van der Waals surface area contributed by atoms with Gasteiger partial charge in [0, 0.05) is 6.42 Å². The molecule has 39 heavy (non-hydrogen) atoms. The van der Waals surface area contributed by atoms with E-state index in [0.717, 1.165) is 24.3 Å². The first-order chi connectivity index (χ1) is 18.4. The third kappa shape index (κ3) is 8.59. The van der Waals surface area contributed by atoms with Gasteiger partial charge in [-0.3, -0.25) is 9.59 Å². The average Bonchev–Trinajstić information content (AvgIpc) is 2.87. The monoisotopic (exact) mass is 561 g/mol. The Morgan fingerprint density at radius 2 is 1.74 bits per heavy atom. The summed E-state index contributed by atoms with van der Waals surface area (Å²) in [5, 5.41) is 5.42. The summed E-state index contributed by atoms with van der Waals surface area (Å²) in [6, 6.07) is 9.47. The third-order valence-electron chi connectivity index (χ3n) is 6.46. The van der Waals surface area contributed by atoms with Crippen LogP contribution >= 0.6 is 0 Å². The third-order valence-corrected chi connectivity index (χ3v) is 8.08. The van der Waals surface area contributed by atoms with Gasteiger partial charge in [0.25, 0.3) is 0 Å². The predicted octanol–water partition coefficient (Wildman–Crippen LogP) is 2.88. The van der Waals surface area contributed by atoms with Crippen molar-refractivity contribution in [2.45, 2.75) is 75.4 Å². The number of hydrogen-bond acceptors (Lipinski definition) is 6. The van der Waals surface area contributed by atoms with Crippen molar-refractivity contribution in [1.82, 2.24) is 15.4 Å². The molecule has 0 radical (unpaired) electrons. The van der Waals surface area contributed by atoms with Crippen LogP contribution in [0.15, 0.2) is 53.4 Å². The molecule has 0 aromatic heterocycles. The van der Waals surface area contributed by atoms with E-state index in [9.17, 15) is 27.2 Å². The average molecular weight is 562 g/mol. The summed E-state index contributed by atoms with van der Waals surface area (Å²) < 4.78 is 48.2. The highest BCUT2D eigenvalue weighted by molar-refractivity contribution is 7.89. The van der Waals surface area contributed by atoms with Crippen LogP contribution in [-0.4, -0.2) is 50.7 Å². The number of nitrogens with one attached hydrogen (secondary N) is 3. The van der Waals surface area contributed by atoms with Gasteiger partial charge in [0.1, 0.15) is 29.4 Å². The van der Waals surface area contributed by atoms with E-state index in [0.29, 0.717) is 43.5 Å². The molecule has 2 aromatic carbocycles. The molecule has 2 amide bonds. The number of aldehydes is 1. The molecule has 9 nitrogen and oxygen atoms in total. The van der Waals surface area contributed by atoms with Crippen molar-refractivity contribution in [2.75, 3.05) is 6.61 Å². The van der Waals surface area contributed by atoms with Crippen molar-refractivity contribution >= 4 is 28.1 Å². The maximum absolute atomic E-state index is 13.8. The van der Waals surface area contributed by atoms with Gasteiger partial charge in [-0.05, 0) is 80.5 Å². The summed E-state index contributed by atoms with van der Waals surface area (Å²) in [7, 11) is -4.26. The summed E-state index contributed by atoms with van der Waals surface area (Å²) in [4.78, 5) is 38.4. The topological polar surface area (TPSA) is 131 Å². The Balaban J connectivity index is 2.00. The van der Waals surface area contributed by atoms with Crippen LogP contribution < -0.4 is 20.1 Å². The van der Waals surface area contributed by atoms with Gasteiger partial charge >= 0.3 is 0 Å². The second kappa shape index (κ2) is 13.2. The molecule has 212 valence electrons. The van der Waals surface area contributed by atoms with Crippen LogP contribution in [0.4, 0.5) is 4.39 Å². The molecule has 2 aliphatic rings. The Hall–Kier alpha value is -3.31. The molecule has 0 unspecified atom stereocenters. The molecule has 0 fully saturated rings. The van der Waals surface area contributed by atoms with Gasteiger partial charge in [-0.25, -0.2) is 12.8 Å². The lowest BCUT2D eigenvalue weighted by Gasteiger charge is -2.32. The van der Waals surface area contributed by atoms with Gasteiger partial charge in [-0.1, -0.05) is 26.0 Å². The highest BCUT2D eigenvalue weighted by atomic mass is 32.2. The number of carbonyl (C=O) groups excluding carboxylic acids is 3. The summed E-state index contributed by atoms with van der Waals surface area (Å²) in [6.07, 6.45) is 2.62. The van der Waals surface area contributed by atoms with Crippen molar-refractivity contribution in [1.29, 1.82) is 0 Å². The fourth-order valence-electron chi connectivity index (χ4n) is 4.38. The van der Waals surface area contributed by atoms with Crippen molar-refractivity contribution < 1.29 is 31.9 Å². The minimum absolute atomic E-state index is 0.0108. The molecule has 0 saturated heterocycles. The van der Waals surface area contributed by atoms with Crippen LogP contribution in [0, 0.1) is 11.7 Å². The highest BCUT2D eigenvalue weighted by Gasteiger charge is 2.40. The zero-order chi connectivity index (χ0) is 28.6. The molecule has 0 spiro atoms. The maximum atomic E-state index is 13.8. The zero-order valence-corrected chi connectivity index (χ0v) is 23.2. The Morgan fingerprint density at radius 3 is 2.36 bits per heavy atom. The summed E-state index contributed by atoms with van der Waals surface area (Å²) in [5.41, 5.74) is -1.08. The van der Waals surface area contributed by atoms with Gasteiger partial charge in [-0.15, -0.1) is 0 Å². The minimum atomic E-state index is -4.26. The van der Waals surface area contributed by atoms with Crippen molar-refractivity contribution in [3.63, 3.8) is 0 Å². The highest BCUT2D eigenvalue weighted by Crippen LogP contribution is 2.22. The second-order valence-electron chi connectivity index (χ2n) is 10.5. The van der Waals surface area contributed by atoms with Crippen molar-refractivity contribution in [3.05, 3.63) is 59.9 Å². The molecular weight excluding hydrogens is 525 g/mol.